The van der Waals surface area contributed by atoms with Crippen molar-refractivity contribution in [3.8, 4) is 0 Å². The second-order valence-corrected chi connectivity index (χ2v) is 5.23. The van der Waals surface area contributed by atoms with Crippen molar-refractivity contribution in [3.63, 3.8) is 0 Å². The molecule has 1 heterocycles. The van der Waals surface area contributed by atoms with Crippen LogP contribution < -0.4 is 11.1 Å². The zero-order valence-corrected chi connectivity index (χ0v) is 13.9. The minimum atomic E-state index is -0.757. The van der Waals surface area contributed by atoms with E-state index in [1.54, 1.807) is 19.1 Å². The Morgan fingerprint density at radius 1 is 1.35 bits per heavy atom. The van der Waals surface area contributed by atoms with Gasteiger partial charge < -0.3 is 20.2 Å². The van der Waals surface area contributed by atoms with E-state index < -0.39 is 16.8 Å². The summed E-state index contributed by atoms with van der Waals surface area (Å²) in [6, 6.07) is 7.32. The summed E-state index contributed by atoms with van der Waals surface area (Å²) < 4.78 is 10.3. The molecule has 3 N–H and O–H groups in total. The van der Waals surface area contributed by atoms with E-state index in [1.165, 1.54) is 24.3 Å². The van der Waals surface area contributed by atoms with Crippen LogP contribution in [0.25, 0.3) is 6.08 Å². The Labute approximate surface area is 148 Å². The van der Waals surface area contributed by atoms with Crippen LogP contribution in [0.3, 0.4) is 0 Å². The van der Waals surface area contributed by atoms with Gasteiger partial charge in [-0.3, -0.25) is 14.9 Å². The number of carbonyl (C=O) groups is 2. The van der Waals surface area contributed by atoms with Crippen molar-refractivity contribution in [2.75, 3.05) is 18.5 Å². The van der Waals surface area contributed by atoms with Gasteiger partial charge in [0, 0.05) is 24.3 Å². The van der Waals surface area contributed by atoms with Crippen LogP contribution in [-0.4, -0.2) is 30.0 Å². The van der Waals surface area contributed by atoms with E-state index in [-0.39, 0.29) is 30.1 Å². The van der Waals surface area contributed by atoms with Gasteiger partial charge in [0.05, 0.1) is 4.92 Å². The van der Waals surface area contributed by atoms with Gasteiger partial charge in [-0.25, -0.2) is 4.79 Å². The molecule has 0 spiro atoms. The predicted octanol–water partition coefficient (Wildman–Crippen LogP) is 2.26. The molecular weight excluding hydrogens is 342 g/mol. The van der Waals surface area contributed by atoms with Crippen molar-refractivity contribution in [2.24, 2.45) is 5.73 Å². The molecule has 1 aromatic heterocycles. The molecular formula is C17H17N3O6. The number of esters is 1. The molecule has 0 unspecified atom stereocenters. The Kier molecular flexibility index (Phi) is 6.10. The third kappa shape index (κ3) is 5.20. The number of amides is 1. The summed E-state index contributed by atoms with van der Waals surface area (Å²) in [5, 5.41) is 13.8. The molecule has 1 amide bonds. The molecule has 2 rings (SSSR count). The second-order valence-electron chi connectivity index (χ2n) is 5.23. The average molecular weight is 359 g/mol. The number of nitrogens with one attached hydrogen (secondary N) is 1. The molecule has 9 heteroatoms. The summed E-state index contributed by atoms with van der Waals surface area (Å²) in [7, 11) is 0. The highest BCUT2D eigenvalue weighted by atomic mass is 16.6. The van der Waals surface area contributed by atoms with E-state index in [1.807, 2.05) is 0 Å². The molecule has 0 radical (unpaired) electrons. The number of nitro benzene ring substituents is 1. The highest BCUT2D eigenvalue weighted by molar-refractivity contribution is 5.94. The fraction of sp³-hybridized carbons (Fsp3) is 0.176. The summed E-state index contributed by atoms with van der Waals surface area (Å²) in [5.41, 5.74) is 5.04. The normalized spacial score (nSPS) is 10.7. The largest absolute Gasteiger partial charge is 0.462 e. The Balaban J connectivity index is 1.85. The Morgan fingerprint density at radius 3 is 2.73 bits per heavy atom. The maximum absolute atomic E-state index is 11.6. The van der Waals surface area contributed by atoms with Crippen LogP contribution in [0.2, 0.25) is 0 Å². The van der Waals surface area contributed by atoms with Gasteiger partial charge in [-0.1, -0.05) is 0 Å². The quantitative estimate of drug-likeness (QED) is 0.242. The van der Waals surface area contributed by atoms with Gasteiger partial charge in [0.2, 0.25) is 5.91 Å². The number of aryl methyl sites for hydroxylation is 1. The molecule has 0 aliphatic heterocycles. The maximum atomic E-state index is 11.6. The topological polar surface area (TPSA) is 138 Å². The molecule has 0 atom stereocenters. The third-order valence-electron chi connectivity index (χ3n) is 3.29. The van der Waals surface area contributed by atoms with Crippen LogP contribution in [0.5, 0.6) is 0 Å². The van der Waals surface area contributed by atoms with Crippen LogP contribution in [0, 0.1) is 17.0 Å². The highest BCUT2D eigenvalue weighted by Gasteiger charge is 2.16. The lowest BCUT2D eigenvalue weighted by Crippen LogP contribution is -2.14. The number of hydrogen-bond acceptors (Lipinski definition) is 7. The molecule has 0 fully saturated rings. The Morgan fingerprint density at radius 2 is 2.12 bits per heavy atom. The van der Waals surface area contributed by atoms with Gasteiger partial charge in [0.15, 0.2) is 0 Å². The molecule has 26 heavy (non-hydrogen) atoms. The number of furan rings is 1. The first-order chi connectivity index (χ1) is 12.4. The Bertz CT molecular complexity index is 856. The number of benzene rings is 1. The minimum Gasteiger partial charge on any atom is -0.462 e. The van der Waals surface area contributed by atoms with Crippen molar-refractivity contribution >= 4 is 29.3 Å². The van der Waals surface area contributed by atoms with Crippen molar-refractivity contribution in [1.82, 2.24) is 0 Å². The highest BCUT2D eigenvalue weighted by Crippen LogP contribution is 2.25. The first-order valence-electron chi connectivity index (χ1n) is 7.60. The fourth-order valence-electron chi connectivity index (χ4n) is 2.06. The molecule has 2 aromatic rings. The number of primary amides is 1. The standard InChI is InChI=1S/C17H17N3O6/c1-11-2-4-13(26-11)5-7-16(21)25-9-8-19-14-6-3-12(17(18)22)10-15(14)20(23)24/h2-7,10,19H,8-9H2,1H3,(H2,18,22)/b7-5+. The second kappa shape index (κ2) is 8.47. The van der Waals surface area contributed by atoms with Crippen LogP contribution in [0.1, 0.15) is 21.9 Å². The third-order valence-corrected chi connectivity index (χ3v) is 3.29. The number of nitro groups is 1. The zero-order valence-electron chi connectivity index (χ0n) is 13.9. The number of carbonyl (C=O) groups excluding carboxylic acids is 2. The summed E-state index contributed by atoms with van der Waals surface area (Å²) in [5.74, 6) is -0.0690. The van der Waals surface area contributed by atoms with Crippen molar-refractivity contribution in [1.29, 1.82) is 0 Å². The van der Waals surface area contributed by atoms with E-state index in [9.17, 15) is 19.7 Å². The van der Waals surface area contributed by atoms with Crippen LogP contribution in [-0.2, 0) is 9.53 Å². The SMILES string of the molecule is Cc1ccc(/C=C/C(=O)OCCNc2ccc(C(N)=O)cc2[N+](=O)[O-])o1. The monoisotopic (exact) mass is 359 g/mol. The summed E-state index contributed by atoms with van der Waals surface area (Å²) >= 11 is 0. The lowest BCUT2D eigenvalue weighted by atomic mass is 10.1. The number of hydrogen-bond donors (Lipinski definition) is 2. The van der Waals surface area contributed by atoms with E-state index in [2.05, 4.69) is 5.32 Å². The Hall–Kier alpha value is -3.62. The van der Waals surface area contributed by atoms with Gasteiger partial charge in [-0.2, -0.15) is 0 Å². The maximum Gasteiger partial charge on any atom is 0.330 e. The summed E-state index contributed by atoms with van der Waals surface area (Å²) in [6.07, 6.45) is 2.71. The average Bonchev–Trinajstić information content (AvgIpc) is 3.02. The molecule has 0 aliphatic rings. The first-order valence-corrected chi connectivity index (χ1v) is 7.60. The lowest BCUT2D eigenvalue weighted by molar-refractivity contribution is -0.384. The van der Waals surface area contributed by atoms with Crippen molar-refractivity contribution < 1.29 is 23.7 Å². The van der Waals surface area contributed by atoms with Crippen molar-refractivity contribution in [2.45, 2.75) is 6.92 Å². The fourth-order valence-corrected chi connectivity index (χ4v) is 2.06. The van der Waals surface area contributed by atoms with Gasteiger partial charge in [0.1, 0.15) is 23.8 Å². The minimum absolute atomic E-state index is 0.00488. The number of rotatable bonds is 8. The number of anilines is 1. The zero-order chi connectivity index (χ0) is 19.1. The number of nitrogens with zero attached hydrogens (tertiary/aromatic N) is 1. The first kappa shape index (κ1) is 18.7. The van der Waals surface area contributed by atoms with Gasteiger partial charge in [0.25, 0.3) is 5.69 Å². The predicted molar refractivity (Wildman–Crippen MR) is 93.5 cm³/mol. The molecule has 136 valence electrons. The van der Waals surface area contributed by atoms with Gasteiger partial charge >= 0.3 is 5.97 Å². The van der Waals surface area contributed by atoms with Crippen molar-refractivity contribution in [3.05, 3.63) is 63.6 Å². The molecule has 0 bridgehead atoms. The molecule has 0 saturated heterocycles. The molecule has 9 nitrogen and oxygen atoms in total. The van der Waals surface area contributed by atoms with Crippen LogP contribution in [0.15, 0.2) is 40.8 Å². The molecule has 0 aliphatic carbocycles. The van der Waals surface area contributed by atoms with Crippen LogP contribution >= 0.6 is 0 Å². The van der Waals surface area contributed by atoms with Crippen LogP contribution in [0.4, 0.5) is 11.4 Å². The number of ether oxygens (including phenoxy) is 1. The van der Waals surface area contributed by atoms with E-state index in [0.29, 0.717) is 5.76 Å². The summed E-state index contributed by atoms with van der Waals surface area (Å²) in [6.45, 7) is 1.93. The van der Waals surface area contributed by atoms with E-state index in [0.717, 1.165) is 11.8 Å². The lowest BCUT2D eigenvalue weighted by Gasteiger charge is -2.08. The van der Waals surface area contributed by atoms with Gasteiger partial charge in [-0.15, -0.1) is 0 Å². The number of nitrogens with two attached hydrogens (primary N) is 1. The smallest absolute Gasteiger partial charge is 0.330 e. The summed E-state index contributed by atoms with van der Waals surface area (Å²) in [4.78, 5) is 33.1. The van der Waals surface area contributed by atoms with E-state index in [4.69, 9.17) is 14.9 Å². The van der Waals surface area contributed by atoms with Gasteiger partial charge in [-0.05, 0) is 37.3 Å². The van der Waals surface area contributed by atoms with E-state index >= 15 is 0 Å². The molecule has 0 saturated carbocycles. The molecule has 1 aromatic carbocycles.